The molecular formula is C9H11NO4. The molecule has 1 aromatic rings. The Morgan fingerprint density at radius 2 is 2.00 bits per heavy atom. The van der Waals surface area contributed by atoms with E-state index >= 15 is 0 Å². The van der Waals surface area contributed by atoms with Gasteiger partial charge in [-0.3, -0.25) is 0 Å². The second-order valence-electron chi connectivity index (χ2n) is 2.65. The first-order valence-corrected chi connectivity index (χ1v) is 4.04. The second kappa shape index (κ2) is 3.87. The molecule has 5 nitrogen and oxygen atoms in total. The summed E-state index contributed by atoms with van der Waals surface area (Å²) in [5.41, 5.74) is 5.56. The van der Waals surface area contributed by atoms with Gasteiger partial charge in [0.05, 0.1) is 17.9 Å². The average Bonchev–Trinajstić information content (AvgIpc) is 2.11. The first kappa shape index (κ1) is 10.2. The molecule has 4 N–H and O–H groups in total. The van der Waals surface area contributed by atoms with Gasteiger partial charge >= 0.3 is 5.97 Å². The monoisotopic (exact) mass is 197 g/mol. The van der Waals surface area contributed by atoms with Crippen LogP contribution in [0.5, 0.6) is 11.5 Å². The lowest BCUT2D eigenvalue weighted by molar-refractivity contribution is 0.0527. The summed E-state index contributed by atoms with van der Waals surface area (Å²) in [6.07, 6.45) is 0. The third-order valence-electron chi connectivity index (χ3n) is 1.64. The Morgan fingerprint density at radius 1 is 1.43 bits per heavy atom. The molecule has 0 amide bonds. The summed E-state index contributed by atoms with van der Waals surface area (Å²) in [4.78, 5) is 11.2. The highest BCUT2D eigenvalue weighted by Gasteiger charge is 2.13. The van der Waals surface area contributed by atoms with E-state index in [2.05, 4.69) is 0 Å². The molecule has 0 radical (unpaired) electrons. The van der Waals surface area contributed by atoms with Crippen molar-refractivity contribution >= 4 is 11.7 Å². The first-order valence-electron chi connectivity index (χ1n) is 4.04. The van der Waals surface area contributed by atoms with Crippen molar-refractivity contribution in [3.05, 3.63) is 17.7 Å². The smallest absolute Gasteiger partial charge is 0.340 e. The minimum absolute atomic E-state index is 0.0437. The number of hydrogen-bond acceptors (Lipinski definition) is 5. The van der Waals surface area contributed by atoms with Crippen molar-refractivity contribution in [1.82, 2.24) is 0 Å². The predicted molar refractivity (Wildman–Crippen MR) is 50.1 cm³/mol. The molecule has 0 atom stereocenters. The molecule has 0 aromatic heterocycles. The van der Waals surface area contributed by atoms with Crippen molar-refractivity contribution in [3.8, 4) is 11.5 Å². The maximum atomic E-state index is 11.2. The van der Waals surface area contributed by atoms with Crippen LogP contribution in [0, 0.1) is 0 Å². The predicted octanol–water partition coefficient (Wildman–Crippen LogP) is 0.857. The number of esters is 1. The lowest BCUT2D eigenvalue weighted by Crippen LogP contribution is -2.07. The molecule has 0 spiro atoms. The van der Waals surface area contributed by atoms with E-state index in [-0.39, 0.29) is 23.6 Å². The topological polar surface area (TPSA) is 92.8 Å². The molecule has 0 saturated carbocycles. The SMILES string of the molecule is CCOC(=O)c1cc(O)c(O)cc1N. The Balaban J connectivity index is 3.09. The lowest BCUT2D eigenvalue weighted by atomic mass is 10.1. The fourth-order valence-electron chi connectivity index (χ4n) is 0.979. The zero-order valence-electron chi connectivity index (χ0n) is 7.65. The molecule has 0 unspecified atom stereocenters. The number of phenolic OH excluding ortho intramolecular Hbond substituents is 2. The van der Waals surface area contributed by atoms with Gasteiger partial charge in [0.2, 0.25) is 0 Å². The molecular weight excluding hydrogens is 186 g/mol. The van der Waals surface area contributed by atoms with Crippen LogP contribution < -0.4 is 5.73 Å². The van der Waals surface area contributed by atoms with Crippen molar-refractivity contribution in [2.24, 2.45) is 0 Å². The normalized spacial score (nSPS) is 9.79. The number of benzene rings is 1. The van der Waals surface area contributed by atoms with Crippen molar-refractivity contribution in [2.45, 2.75) is 6.92 Å². The molecule has 1 aromatic carbocycles. The quantitative estimate of drug-likeness (QED) is 0.283. The number of nitrogens with two attached hydrogens (primary N) is 1. The summed E-state index contributed by atoms with van der Waals surface area (Å²) in [6, 6.07) is 2.17. The number of rotatable bonds is 2. The van der Waals surface area contributed by atoms with Crippen LogP contribution in [0.4, 0.5) is 5.69 Å². The molecule has 0 bridgehead atoms. The average molecular weight is 197 g/mol. The molecule has 0 fully saturated rings. The van der Waals surface area contributed by atoms with E-state index in [9.17, 15) is 4.79 Å². The van der Waals surface area contributed by atoms with Gasteiger partial charge < -0.3 is 20.7 Å². The Kier molecular flexibility index (Phi) is 2.81. The standard InChI is InChI=1S/C9H11NO4/c1-2-14-9(13)5-3-7(11)8(12)4-6(5)10/h3-4,11-12H,2,10H2,1H3. The zero-order valence-corrected chi connectivity index (χ0v) is 7.65. The maximum absolute atomic E-state index is 11.2. The summed E-state index contributed by atoms with van der Waals surface area (Å²) in [5, 5.41) is 18.2. The molecule has 0 saturated heterocycles. The van der Waals surface area contributed by atoms with Crippen LogP contribution >= 0.6 is 0 Å². The summed E-state index contributed by atoms with van der Waals surface area (Å²) >= 11 is 0. The molecule has 0 aliphatic heterocycles. The van der Waals surface area contributed by atoms with Crippen molar-refractivity contribution in [1.29, 1.82) is 0 Å². The van der Waals surface area contributed by atoms with Crippen molar-refractivity contribution in [3.63, 3.8) is 0 Å². The van der Waals surface area contributed by atoms with Crippen molar-refractivity contribution in [2.75, 3.05) is 12.3 Å². The molecule has 76 valence electrons. The number of carbonyl (C=O) groups excluding carboxylic acids is 1. The third-order valence-corrected chi connectivity index (χ3v) is 1.64. The van der Waals surface area contributed by atoms with Gasteiger partial charge in [-0.2, -0.15) is 0 Å². The zero-order chi connectivity index (χ0) is 10.7. The van der Waals surface area contributed by atoms with Gasteiger partial charge in [0.25, 0.3) is 0 Å². The Bertz CT molecular complexity index is 362. The molecule has 0 heterocycles. The Labute approximate surface area is 80.7 Å². The summed E-state index contributed by atoms with van der Waals surface area (Å²) < 4.78 is 4.69. The van der Waals surface area contributed by atoms with Gasteiger partial charge in [-0.15, -0.1) is 0 Å². The second-order valence-corrected chi connectivity index (χ2v) is 2.65. The highest BCUT2D eigenvalue weighted by molar-refractivity contribution is 5.96. The van der Waals surface area contributed by atoms with Crippen LogP contribution in [-0.2, 0) is 4.74 Å². The highest BCUT2D eigenvalue weighted by Crippen LogP contribution is 2.29. The van der Waals surface area contributed by atoms with Crippen LogP contribution in [0.2, 0.25) is 0 Å². The van der Waals surface area contributed by atoms with E-state index in [0.29, 0.717) is 0 Å². The Morgan fingerprint density at radius 3 is 2.57 bits per heavy atom. The van der Waals surface area contributed by atoms with E-state index in [1.165, 1.54) is 0 Å². The van der Waals surface area contributed by atoms with Crippen molar-refractivity contribution < 1.29 is 19.7 Å². The molecule has 0 aliphatic carbocycles. The van der Waals surface area contributed by atoms with E-state index in [0.717, 1.165) is 12.1 Å². The number of anilines is 1. The van der Waals surface area contributed by atoms with E-state index < -0.39 is 11.7 Å². The van der Waals surface area contributed by atoms with Crippen LogP contribution in [-0.4, -0.2) is 22.8 Å². The van der Waals surface area contributed by atoms with Gasteiger partial charge in [0.1, 0.15) is 0 Å². The molecule has 5 heteroatoms. The highest BCUT2D eigenvalue weighted by atomic mass is 16.5. The first-order chi connectivity index (χ1) is 6.56. The largest absolute Gasteiger partial charge is 0.504 e. The van der Waals surface area contributed by atoms with Gasteiger partial charge in [-0.05, 0) is 6.92 Å². The van der Waals surface area contributed by atoms with Crippen LogP contribution in [0.3, 0.4) is 0 Å². The molecule has 14 heavy (non-hydrogen) atoms. The summed E-state index contributed by atoms with van der Waals surface area (Å²) in [6.45, 7) is 1.88. The van der Waals surface area contributed by atoms with Gasteiger partial charge in [-0.1, -0.05) is 0 Å². The number of aromatic hydroxyl groups is 2. The minimum Gasteiger partial charge on any atom is -0.504 e. The van der Waals surface area contributed by atoms with Crippen LogP contribution in [0.25, 0.3) is 0 Å². The molecule has 1 rings (SSSR count). The van der Waals surface area contributed by atoms with E-state index in [4.69, 9.17) is 20.7 Å². The number of phenols is 2. The summed E-state index contributed by atoms with van der Waals surface area (Å²) in [7, 11) is 0. The number of nitrogen functional groups attached to an aromatic ring is 1. The van der Waals surface area contributed by atoms with Gasteiger partial charge in [0.15, 0.2) is 11.5 Å². The van der Waals surface area contributed by atoms with Gasteiger partial charge in [-0.25, -0.2) is 4.79 Å². The van der Waals surface area contributed by atoms with E-state index in [1.807, 2.05) is 0 Å². The lowest BCUT2D eigenvalue weighted by Gasteiger charge is -2.06. The minimum atomic E-state index is -0.625. The third kappa shape index (κ3) is 1.87. The fourth-order valence-corrected chi connectivity index (χ4v) is 0.979. The number of ether oxygens (including phenoxy) is 1. The van der Waals surface area contributed by atoms with Crippen LogP contribution in [0.15, 0.2) is 12.1 Å². The summed E-state index contributed by atoms with van der Waals surface area (Å²) in [5.74, 6) is -1.39. The maximum Gasteiger partial charge on any atom is 0.340 e. The van der Waals surface area contributed by atoms with Crippen LogP contribution in [0.1, 0.15) is 17.3 Å². The number of hydrogen-bond donors (Lipinski definition) is 3. The number of carbonyl (C=O) groups is 1. The Hall–Kier alpha value is -1.91. The van der Waals surface area contributed by atoms with E-state index in [1.54, 1.807) is 6.92 Å². The van der Waals surface area contributed by atoms with Gasteiger partial charge in [0, 0.05) is 12.1 Å². The fraction of sp³-hybridized carbons (Fsp3) is 0.222. The molecule has 0 aliphatic rings.